The van der Waals surface area contributed by atoms with Crippen molar-refractivity contribution in [2.45, 2.75) is 45.8 Å². The molecule has 0 bridgehead atoms. The number of hydrogen-bond acceptors (Lipinski definition) is 6. The van der Waals surface area contributed by atoms with Crippen LogP contribution in [0.1, 0.15) is 36.5 Å². The van der Waals surface area contributed by atoms with E-state index >= 15 is 0 Å². The van der Waals surface area contributed by atoms with Crippen LogP contribution >= 0.6 is 11.8 Å². The van der Waals surface area contributed by atoms with Crippen molar-refractivity contribution >= 4 is 45.7 Å². The van der Waals surface area contributed by atoms with Crippen molar-refractivity contribution in [2.24, 2.45) is 4.99 Å². The summed E-state index contributed by atoms with van der Waals surface area (Å²) in [7, 11) is 1.36. The largest absolute Gasteiger partial charge is 0.469 e. The first-order valence-electron chi connectivity index (χ1n) is 10.6. The lowest BCUT2D eigenvalue weighted by Crippen LogP contribution is -2.26. The fourth-order valence-electron chi connectivity index (χ4n) is 3.62. The normalized spacial score (nSPS) is 13.7. The molecule has 1 aliphatic rings. The molecule has 2 aromatic carbocycles. The number of benzene rings is 2. The molecule has 1 aliphatic heterocycles. The van der Waals surface area contributed by atoms with Crippen LogP contribution < -0.4 is 10.6 Å². The first-order chi connectivity index (χ1) is 15.3. The lowest BCUT2D eigenvalue weighted by atomic mass is 10.0. The molecule has 0 aromatic heterocycles. The molecule has 0 radical (unpaired) electrons. The van der Waals surface area contributed by atoms with E-state index in [1.807, 2.05) is 58.0 Å². The summed E-state index contributed by atoms with van der Waals surface area (Å²) >= 11 is 1.39. The quantitative estimate of drug-likeness (QED) is 0.554. The standard InChI is InChI=1S/C25H29N3O3S/c1-6-21(25(30)28-24-16(3)11-15(2)12-17(24)4)32-22-13-18(14-23(29)31-5)26-19-9-7-8-10-20(19)27-22/h7-13,21,26H,6,14H2,1-5H3,(H,28,30). The molecular weight excluding hydrogens is 422 g/mol. The van der Waals surface area contributed by atoms with E-state index in [-0.39, 0.29) is 23.5 Å². The molecule has 3 rings (SSSR count). The van der Waals surface area contributed by atoms with E-state index in [2.05, 4.69) is 22.8 Å². The van der Waals surface area contributed by atoms with Crippen molar-refractivity contribution in [1.29, 1.82) is 0 Å². The van der Waals surface area contributed by atoms with Crippen molar-refractivity contribution < 1.29 is 14.3 Å². The van der Waals surface area contributed by atoms with E-state index in [0.717, 1.165) is 28.2 Å². The third-order valence-electron chi connectivity index (χ3n) is 5.14. The van der Waals surface area contributed by atoms with Crippen LogP contribution in [0.5, 0.6) is 0 Å². The SMILES string of the molecule is CCC(SC1=Nc2ccccc2NC(CC(=O)OC)=C1)C(=O)Nc1c(C)cc(C)cc1C. The molecular formula is C25H29N3O3S. The summed E-state index contributed by atoms with van der Waals surface area (Å²) in [5, 5.41) is 6.70. The number of anilines is 2. The monoisotopic (exact) mass is 451 g/mol. The number of esters is 1. The van der Waals surface area contributed by atoms with Gasteiger partial charge in [-0.2, -0.15) is 0 Å². The molecule has 1 amide bonds. The van der Waals surface area contributed by atoms with Crippen molar-refractivity contribution in [3.63, 3.8) is 0 Å². The van der Waals surface area contributed by atoms with Gasteiger partial charge in [0.15, 0.2) is 0 Å². The van der Waals surface area contributed by atoms with Gasteiger partial charge in [-0.15, -0.1) is 0 Å². The highest BCUT2D eigenvalue weighted by Gasteiger charge is 2.23. The summed E-state index contributed by atoms with van der Waals surface area (Å²) in [6, 6.07) is 11.8. The average molecular weight is 452 g/mol. The Morgan fingerprint density at radius 3 is 2.50 bits per heavy atom. The molecule has 0 fully saturated rings. The number of para-hydroxylation sites is 2. The Bertz CT molecular complexity index is 1070. The molecule has 2 N–H and O–H groups in total. The van der Waals surface area contributed by atoms with Gasteiger partial charge in [0, 0.05) is 11.4 Å². The fourth-order valence-corrected chi connectivity index (χ4v) is 4.60. The maximum Gasteiger partial charge on any atom is 0.311 e. The van der Waals surface area contributed by atoms with Gasteiger partial charge in [0.25, 0.3) is 0 Å². The van der Waals surface area contributed by atoms with Crippen LogP contribution in [-0.2, 0) is 14.3 Å². The van der Waals surface area contributed by atoms with E-state index in [1.165, 1.54) is 24.4 Å². The first-order valence-corrected chi connectivity index (χ1v) is 11.5. The molecule has 0 saturated heterocycles. The number of rotatable bonds is 6. The number of aliphatic imine (C=N–C) groups is 1. The van der Waals surface area contributed by atoms with Crippen molar-refractivity contribution in [1.82, 2.24) is 0 Å². The highest BCUT2D eigenvalue weighted by atomic mass is 32.2. The summed E-state index contributed by atoms with van der Waals surface area (Å²) in [5.41, 5.74) is 6.35. The van der Waals surface area contributed by atoms with Crippen LogP contribution in [0.3, 0.4) is 0 Å². The number of thioether (sulfide) groups is 1. The molecule has 1 heterocycles. The van der Waals surface area contributed by atoms with E-state index in [1.54, 1.807) is 0 Å². The maximum absolute atomic E-state index is 13.1. The van der Waals surface area contributed by atoms with Gasteiger partial charge in [0.2, 0.25) is 5.91 Å². The molecule has 1 unspecified atom stereocenters. The highest BCUT2D eigenvalue weighted by molar-refractivity contribution is 8.15. The van der Waals surface area contributed by atoms with Crippen molar-refractivity contribution in [2.75, 3.05) is 17.7 Å². The number of nitrogens with zero attached hydrogens (tertiary/aromatic N) is 1. The average Bonchev–Trinajstić information content (AvgIpc) is 2.92. The van der Waals surface area contributed by atoms with Crippen LogP contribution in [-0.4, -0.2) is 29.3 Å². The second kappa shape index (κ2) is 10.5. The molecule has 32 heavy (non-hydrogen) atoms. The lowest BCUT2D eigenvalue weighted by Gasteiger charge is -2.18. The predicted molar refractivity (Wildman–Crippen MR) is 133 cm³/mol. The number of carbonyl (C=O) groups excluding carboxylic acids is 2. The fraction of sp³-hybridized carbons (Fsp3) is 0.320. The minimum absolute atomic E-state index is 0.0661. The first kappa shape index (κ1) is 23.6. The van der Waals surface area contributed by atoms with Crippen molar-refractivity contribution in [3.05, 3.63) is 64.9 Å². The Morgan fingerprint density at radius 2 is 1.84 bits per heavy atom. The zero-order valence-corrected chi connectivity index (χ0v) is 19.9. The number of ether oxygens (including phenoxy) is 1. The summed E-state index contributed by atoms with van der Waals surface area (Å²) in [5.74, 6) is -0.411. The molecule has 6 nitrogen and oxygen atoms in total. The van der Waals surface area contributed by atoms with E-state index in [0.29, 0.717) is 17.2 Å². The summed E-state index contributed by atoms with van der Waals surface area (Å²) in [6.45, 7) is 8.03. The zero-order valence-electron chi connectivity index (χ0n) is 19.1. The van der Waals surface area contributed by atoms with Crippen LogP contribution in [0.25, 0.3) is 0 Å². The topological polar surface area (TPSA) is 79.8 Å². The Balaban J connectivity index is 1.86. The van der Waals surface area contributed by atoms with Gasteiger partial charge >= 0.3 is 5.97 Å². The number of fused-ring (bicyclic) bond motifs is 1. The van der Waals surface area contributed by atoms with Crippen molar-refractivity contribution in [3.8, 4) is 0 Å². The zero-order chi connectivity index (χ0) is 23.3. The Hall–Kier alpha value is -3.06. The number of aryl methyl sites for hydroxylation is 3. The molecule has 1 atom stereocenters. The lowest BCUT2D eigenvalue weighted by molar-refractivity contribution is -0.139. The van der Waals surface area contributed by atoms with Crippen LogP contribution in [0.15, 0.2) is 53.2 Å². The minimum atomic E-state index is -0.345. The van der Waals surface area contributed by atoms with Gasteiger partial charge < -0.3 is 15.4 Å². The van der Waals surface area contributed by atoms with E-state index in [9.17, 15) is 9.59 Å². The molecule has 0 spiro atoms. The predicted octanol–water partition coefficient (Wildman–Crippen LogP) is 5.66. The second-order valence-corrected chi connectivity index (χ2v) is 9.02. The molecule has 0 aliphatic carbocycles. The van der Waals surface area contributed by atoms with Gasteiger partial charge in [-0.25, -0.2) is 4.99 Å². The number of nitrogens with one attached hydrogen (secondary N) is 2. The van der Waals surface area contributed by atoms with Crippen LogP contribution in [0.2, 0.25) is 0 Å². The highest BCUT2D eigenvalue weighted by Crippen LogP contribution is 2.33. The third kappa shape index (κ3) is 5.79. The number of hydrogen-bond donors (Lipinski definition) is 2. The number of carbonyl (C=O) groups is 2. The smallest absolute Gasteiger partial charge is 0.311 e. The third-order valence-corrected chi connectivity index (χ3v) is 6.42. The van der Waals surface area contributed by atoms with Gasteiger partial charge in [0.1, 0.15) is 0 Å². The summed E-state index contributed by atoms with van der Waals surface area (Å²) < 4.78 is 4.82. The number of amides is 1. The van der Waals surface area contributed by atoms with Crippen LogP contribution in [0.4, 0.5) is 17.1 Å². The number of methoxy groups -OCH3 is 1. The Kier molecular flexibility index (Phi) is 7.75. The van der Waals surface area contributed by atoms with Gasteiger partial charge in [-0.3, -0.25) is 9.59 Å². The maximum atomic E-state index is 13.1. The second-order valence-electron chi connectivity index (χ2n) is 7.79. The Morgan fingerprint density at radius 1 is 1.16 bits per heavy atom. The molecule has 7 heteroatoms. The van der Waals surface area contributed by atoms with E-state index in [4.69, 9.17) is 9.73 Å². The summed E-state index contributed by atoms with van der Waals surface area (Å²) in [6.07, 6.45) is 2.55. The van der Waals surface area contributed by atoms with E-state index < -0.39 is 0 Å². The van der Waals surface area contributed by atoms with Gasteiger partial charge in [-0.05, 0) is 56.5 Å². The van der Waals surface area contributed by atoms with Gasteiger partial charge in [-0.1, -0.05) is 48.5 Å². The van der Waals surface area contributed by atoms with Crippen LogP contribution in [0, 0.1) is 20.8 Å². The molecule has 168 valence electrons. The molecule has 2 aromatic rings. The summed E-state index contributed by atoms with van der Waals surface area (Å²) in [4.78, 5) is 29.8. The molecule has 0 saturated carbocycles. The minimum Gasteiger partial charge on any atom is -0.469 e. The Labute approximate surface area is 193 Å². The van der Waals surface area contributed by atoms with Gasteiger partial charge in [0.05, 0.1) is 35.2 Å².